The van der Waals surface area contributed by atoms with Crippen LogP contribution in [-0.4, -0.2) is 51.3 Å². The monoisotopic (exact) mass is 424 g/mol. The molecule has 160 valence electrons. The summed E-state index contributed by atoms with van der Waals surface area (Å²) in [5.74, 6) is -0.671. The van der Waals surface area contributed by atoms with Crippen LogP contribution in [-0.2, 0) is 4.79 Å². The molecule has 4 N–H and O–H groups in total. The second kappa shape index (κ2) is 12.0. The minimum absolute atomic E-state index is 0.0519. The number of carboxylic acid groups (broad SMARTS) is 1. The average Bonchev–Trinajstić information content (AvgIpc) is 2.93. The maximum atomic E-state index is 10.5. The Labute approximate surface area is 176 Å². The van der Waals surface area contributed by atoms with E-state index >= 15 is 0 Å². The first kappa shape index (κ1) is 23.4. The fraction of sp³-hybridized carbons (Fsp3) is 0.500. The van der Waals surface area contributed by atoms with Crippen LogP contribution in [0.2, 0.25) is 5.02 Å². The van der Waals surface area contributed by atoms with Gasteiger partial charge in [-0.1, -0.05) is 42.0 Å². The number of rotatable bonds is 11. The number of benzene rings is 1. The highest BCUT2D eigenvalue weighted by Gasteiger charge is 2.39. The van der Waals surface area contributed by atoms with E-state index in [-0.39, 0.29) is 24.9 Å². The molecule has 2 rings (SSSR count). The van der Waals surface area contributed by atoms with Gasteiger partial charge in [0.1, 0.15) is 18.5 Å². The van der Waals surface area contributed by atoms with Crippen LogP contribution in [0.15, 0.2) is 48.6 Å². The number of carbonyl (C=O) groups is 1. The Morgan fingerprint density at radius 1 is 1.28 bits per heavy atom. The molecule has 1 fully saturated rings. The predicted molar refractivity (Wildman–Crippen MR) is 111 cm³/mol. The number of hydrogen-bond acceptors (Lipinski definition) is 5. The molecule has 0 heterocycles. The largest absolute Gasteiger partial charge is 0.491 e. The zero-order valence-electron chi connectivity index (χ0n) is 16.2. The van der Waals surface area contributed by atoms with E-state index in [9.17, 15) is 20.1 Å². The molecule has 5 atom stereocenters. The van der Waals surface area contributed by atoms with Crippen LogP contribution in [0.5, 0.6) is 5.75 Å². The summed E-state index contributed by atoms with van der Waals surface area (Å²) in [4.78, 5) is 10.5. The highest BCUT2D eigenvalue weighted by Crippen LogP contribution is 2.36. The first-order valence-corrected chi connectivity index (χ1v) is 10.2. The van der Waals surface area contributed by atoms with E-state index in [1.54, 1.807) is 36.4 Å². The van der Waals surface area contributed by atoms with Crippen LogP contribution in [0.25, 0.3) is 0 Å². The molecule has 29 heavy (non-hydrogen) atoms. The normalized spacial score (nSPS) is 25.7. The van der Waals surface area contributed by atoms with Gasteiger partial charge in [-0.15, -0.1) is 0 Å². The van der Waals surface area contributed by atoms with Crippen LogP contribution >= 0.6 is 11.6 Å². The Balaban J connectivity index is 1.83. The van der Waals surface area contributed by atoms with Crippen LogP contribution in [0.4, 0.5) is 0 Å². The Hall–Kier alpha value is -1.86. The Kier molecular flexibility index (Phi) is 9.67. The summed E-state index contributed by atoms with van der Waals surface area (Å²) in [5, 5.41) is 39.8. The van der Waals surface area contributed by atoms with E-state index in [1.807, 2.05) is 12.2 Å². The summed E-state index contributed by atoms with van der Waals surface area (Å²) in [5.41, 5.74) is 0. The third-order valence-electron chi connectivity index (χ3n) is 5.02. The molecule has 0 unspecified atom stereocenters. The molecule has 0 saturated heterocycles. The van der Waals surface area contributed by atoms with Gasteiger partial charge in [0, 0.05) is 23.8 Å². The van der Waals surface area contributed by atoms with Crippen molar-refractivity contribution in [1.29, 1.82) is 0 Å². The molecular formula is C22H29ClO6. The number of hydrogen-bond donors (Lipinski definition) is 4. The standard InChI is InChI=1S/C22H29ClO6/c23-15-6-5-7-17(12-15)29-14-16(24)10-11-19-18(20(25)13-21(19)26)8-3-1-2-4-9-22(27)28/h1,3,5-7,10-12,16,18-21,24-26H,2,4,8-9,13-14H2,(H,27,28)/b3-1-,11-10+/t16-,18-,19+,20-,21-/m0/s1. The van der Waals surface area contributed by atoms with E-state index in [2.05, 4.69) is 0 Å². The maximum absolute atomic E-state index is 10.5. The molecule has 6 nitrogen and oxygen atoms in total. The maximum Gasteiger partial charge on any atom is 0.303 e. The van der Waals surface area contributed by atoms with Crippen LogP contribution in [0.3, 0.4) is 0 Å². The summed E-state index contributed by atoms with van der Waals surface area (Å²) in [6.45, 7) is 0.0519. The van der Waals surface area contributed by atoms with Gasteiger partial charge in [0.15, 0.2) is 0 Å². The molecule has 0 aliphatic heterocycles. The van der Waals surface area contributed by atoms with Crippen LogP contribution in [0, 0.1) is 11.8 Å². The average molecular weight is 425 g/mol. The molecule has 0 spiro atoms. The minimum atomic E-state index is -0.855. The molecule has 0 amide bonds. The topological polar surface area (TPSA) is 107 Å². The second-order valence-corrected chi connectivity index (χ2v) is 7.76. The van der Waals surface area contributed by atoms with Gasteiger partial charge >= 0.3 is 5.97 Å². The zero-order valence-corrected chi connectivity index (χ0v) is 17.0. The SMILES string of the molecule is O=C(O)CCC/C=C\C[C@H]1[C@@H](/C=C/[C@H](O)COc2cccc(Cl)c2)[C@@H](O)C[C@@H]1O. The van der Waals surface area contributed by atoms with Gasteiger partial charge in [-0.25, -0.2) is 0 Å². The second-order valence-electron chi connectivity index (χ2n) is 7.33. The molecule has 0 radical (unpaired) electrons. The molecule has 7 heteroatoms. The van der Waals surface area contributed by atoms with Gasteiger partial charge in [0.05, 0.1) is 12.2 Å². The van der Waals surface area contributed by atoms with Crippen molar-refractivity contribution in [3.63, 3.8) is 0 Å². The lowest BCUT2D eigenvalue weighted by molar-refractivity contribution is -0.137. The van der Waals surface area contributed by atoms with Gasteiger partial charge in [0.2, 0.25) is 0 Å². The lowest BCUT2D eigenvalue weighted by atomic mass is 9.89. The third-order valence-corrected chi connectivity index (χ3v) is 5.26. The van der Waals surface area contributed by atoms with Crippen molar-refractivity contribution in [1.82, 2.24) is 0 Å². The van der Waals surface area contributed by atoms with Gasteiger partial charge in [-0.3, -0.25) is 4.79 Å². The lowest BCUT2D eigenvalue weighted by Crippen LogP contribution is -2.21. The van der Waals surface area contributed by atoms with E-state index < -0.39 is 24.3 Å². The number of aliphatic carboxylic acids is 1. The summed E-state index contributed by atoms with van der Waals surface area (Å²) < 4.78 is 5.51. The number of halogens is 1. The van der Waals surface area contributed by atoms with E-state index in [0.29, 0.717) is 36.5 Å². The first-order valence-electron chi connectivity index (χ1n) is 9.84. The lowest BCUT2D eigenvalue weighted by Gasteiger charge is -2.19. The van der Waals surface area contributed by atoms with Gasteiger partial charge < -0.3 is 25.2 Å². The minimum Gasteiger partial charge on any atom is -0.491 e. The van der Waals surface area contributed by atoms with E-state index in [1.165, 1.54) is 0 Å². The quantitative estimate of drug-likeness (QED) is 0.321. The molecule has 1 aliphatic carbocycles. The summed E-state index contributed by atoms with van der Waals surface area (Å²) in [6.07, 6.45) is 7.26. The highest BCUT2D eigenvalue weighted by molar-refractivity contribution is 6.30. The smallest absolute Gasteiger partial charge is 0.303 e. The molecule has 0 aromatic heterocycles. The van der Waals surface area contributed by atoms with E-state index in [4.69, 9.17) is 21.4 Å². The van der Waals surface area contributed by atoms with Crippen LogP contribution < -0.4 is 4.74 Å². The van der Waals surface area contributed by atoms with E-state index in [0.717, 1.165) is 0 Å². The van der Waals surface area contributed by atoms with Crippen molar-refractivity contribution >= 4 is 17.6 Å². The number of ether oxygens (including phenoxy) is 1. The van der Waals surface area contributed by atoms with Crippen molar-refractivity contribution in [2.75, 3.05) is 6.61 Å². The summed E-state index contributed by atoms with van der Waals surface area (Å²) >= 11 is 5.90. The first-order chi connectivity index (χ1) is 13.9. The Bertz CT molecular complexity index is 704. The fourth-order valence-electron chi connectivity index (χ4n) is 3.50. The number of aliphatic hydroxyl groups is 3. The van der Waals surface area contributed by atoms with Crippen molar-refractivity contribution in [3.8, 4) is 5.75 Å². The number of aliphatic hydroxyl groups excluding tert-OH is 3. The fourth-order valence-corrected chi connectivity index (χ4v) is 3.68. The number of unbranched alkanes of at least 4 members (excludes halogenated alkanes) is 1. The summed E-state index contributed by atoms with van der Waals surface area (Å²) in [7, 11) is 0. The third kappa shape index (κ3) is 8.19. The Morgan fingerprint density at radius 2 is 2.07 bits per heavy atom. The molecular weight excluding hydrogens is 396 g/mol. The van der Waals surface area contributed by atoms with Crippen molar-refractivity contribution in [2.24, 2.45) is 11.8 Å². The number of allylic oxidation sites excluding steroid dienone is 2. The van der Waals surface area contributed by atoms with Crippen molar-refractivity contribution in [3.05, 3.63) is 53.6 Å². The molecule has 1 aromatic rings. The molecule has 1 saturated carbocycles. The number of carboxylic acids is 1. The zero-order chi connectivity index (χ0) is 21.2. The molecule has 0 bridgehead atoms. The van der Waals surface area contributed by atoms with Gasteiger partial charge in [-0.05, 0) is 43.4 Å². The van der Waals surface area contributed by atoms with Gasteiger partial charge in [-0.2, -0.15) is 0 Å². The highest BCUT2D eigenvalue weighted by atomic mass is 35.5. The molecule has 1 aliphatic rings. The van der Waals surface area contributed by atoms with Crippen molar-refractivity contribution in [2.45, 2.75) is 50.4 Å². The molecule has 1 aromatic carbocycles. The summed E-state index contributed by atoms with van der Waals surface area (Å²) in [6, 6.07) is 6.90. The van der Waals surface area contributed by atoms with Crippen LogP contribution in [0.1, 0.15) is 32.1 Å². The van der Waals surface area contributed by atoms with Gasteiger partial charge in [0.25, 0.3) is 0 Å². The predicted octanol–water partition coefficient (Wildman–Crippen LogP) is 3.20. The Morgan fingerprint density at radius 3 is 2.79 bits per heavy atom. The van der Waals surface area contributed by atoms with Crippen molar-refractivity contribution < 1.29 is 30.0 Å².